The summed E-state index contributed by atoms with van der Waals surface area (Å²) in [6.07, 6.45) is 0. The molecule has 3 aromatic rings. The maximum Gasteiger partial charge on any atom is 0.255 e. The first-order chi connectivity index (χ1) is 15.5. The predicted molar refractivity (Wildman–Crippen MR) is 124 cm³/mol. The van der Waals surface area contributed by atoms with Crippen LogP contribution in [0.2, 0.25) is 0 Å². The number of benzene rings is 3. The molecule has 0 aliphatic rings. The highest BCUT2D eigenvalue weighted by atomic mass is 16.5. The van der Waals surface area contributed by atoms with Gasteiger partial charge in [0.05, 0.1) is 33.6 Å². The van der Waals surface area contributed by atoms with Gasteiger partial charge in [-0.2, -0.15) is 0 Å². The van der Waals surface area contributed by atoms with E-state index in [1.165, 1.54) is 7.11 Å². The molecule has 0 unspecified atom stereocenters. The Hall–Kier alpha value is -4.20. The number of hydrogen-bond acceptors (Lipinski definition) is 6. The van der Waals surface area contributed by atoms with E-state index < -0.39 is 0 Å². The number of rotatable bonds is 9. The van der Waals surface area contributed by atoms with Crippen LogP contribution in [-0.4, -0.2) is 39.7 Å². The molecule has 3 N–H and O–H groups in total. The zero-order chi connectivity index (χ0) is 22.9. The van der Waals surface area contributed by atoms with Crippen molar-refractivity contribution in [3.05, 3.63) is 72.3 Å². The molecule has 0 spiro atoms. The van der Waals surface area contributed by atoms with Crippen LogP contribution in [0, 0.1) is 0 Å². The Morgan fingerprint density at radius 2 is 1.34 bits per heavy atom. The Morgan fingerprint density at radius 3 is 1.97 bits per heavy atom. The molecule has 0 aromatic heterocycles. The molecule has 0 radical (unpaired) electrons. The lowest BCUT2D eigenvalue weighted by molar-refractivity contribution is -0.114. The molecular weight excluding hydrogens is 410 g/mol. The molecule has 3 aromatic carbocycles. The zero-order valence-electron chi connectivity index (χ0n) is 18.1. The maximum atomic E-state index is 12.4. The smallest absolute Gasteiger partial charge is 0.255 e. The molecule has 0 saturated heterocycles. The summed E-state index contributed by atoms with van der Waals surface area (Å²) in [5.74, 6) is 1.38. The Kier molecular flexibility index (Phi) is 7.53. The minimum absolute atomic E-state index is 0.0482. The number of nitrogens with one attached hydrogen (secondary N) is 3. The van der Waals surface area contributed by atoms with Crippen molar-refractivity contribution in [1.29, 1.82) is 0 Å². The lowest BCUT2D eigenvalue weighted by atomic mass is 10.2. The van der Waals surface area contributed by atoms with Crippen LogP contribution in [0.3, 0.4) is 0 Å². The highest BCUT2D eigenvalue weighted by molar-refractivity contribution is 6.04. The van der Waals surface area contributed by atoms with Crippen molar-refractivity contribution < 1.29 is 23.8 Å². The molecule has 0 aliphatic heterocycles. The van der Waals surface area contributed by atoms with Crippen molar-refractivity contribution in [2.24, 2.45) is 0 Å². The number of anilines is 3. The first kappa shape index (κ1) is 22.5. The van der Waals surface area contributed by atoms with Gasteiger partial charge in [-0.1, -0.05) is 0 Å². The third-order valence-electron chi connectivity index (χ3n) is 4.63. The van der Waals surface area contributed by atoms with Crippen LogP contribution >= 0.6 is 0 Å². The van der Waals surface area contributed by atoms with E-state index >= 15 is 0 Å². The summed E-state index contributed by atoms with van der Waals surface area (Å²) in [6, 6.07) is 19.1. The highest BCUT2D eigenvalue weighted by Gasteiger charge is 2.10. The van der Waals surface area contributed by atoms with E-state index in [1.54, 1.807) is 80.9 Å². The second-order valence-corrected chi connectivity index (χ2v) is 6.73. The molecule has 0 saturated carbocycles. The number of hydrogen-bond donors (Lipinski definition) is 3. The molecule has 0 atom stereocenters. The van der Waals surface area contributed by atoms with Crippen molar-refractivity contribution >= 4 is 28.9 Å². The summed E-state index contributed by atoms with van der Waals surface area (Å²) in [5.41, 5.74) is 2.43. The Balaban J connectivity index is 1.53. The van der Waals surface area contributed by atoms with E-state index in [9.17, 15) is 9.59 Å². The SMILES string of the molecule is COc1ccc(NC(=O)c2ccc(NCC(=O)Nc3ccc(OC)cc3OC)cc2)cc1. The molecule has 166 valence electrons. The van der Waals surface area contributed by atoms with Crippen molar-refractivity contribution in [3.8, 4) is 17.2 Å². The third kappa shape index (κ3) is 5.91. The number of carbonyl (C=O) groups excluding carboxylic acids is 2. The van der Waals surface area contributed by atoms with E-state index in [4.69, 9.17) is 14.2 Å². The molecule has 8 heteroatoms. The Morgan fingerprint density at radius 1 is 0.719 bits per heavy atom. The standard InChI is InChI=1S/C24H25N3O5/c1-30-19-10-8-18(9-11-19)26-24(29)16-4-6-17(7-5-16)25-15-23(28)27-21-13-12-20(31-2)14-22(21)32-3/h4-14,25H,15H2,1-3H3,(H,26,29)(H,27,28). The van der Waals surface area contributed by atoms with E-state index in [1.807, 2.05) is 0 Å². The van der Waals surface area contributed by atoms with E-state index in [0.717, 1.165) is 0 Å². The summed E-state index contributed by atoms with van der Waals surface area (Å²) in [7, 11) is 4.67. The molecule has 3 rings (SSSR count). The lowest BCUT2D eigenvalue weighted by Gasteiger charge is -2.12. The lowest BCUT2D eigenvalue weighted by Crippen LogP contribution is -2.22. The van der Waals surface area contributed by atoms with Gasteiger partial charge in [-0.3, -0.25) is 9.59 Å². The average molecular weight is 435 g/mol. The molecule has 0 fully saturated rings. The highest BCUT2D eigenvalue weighted by Crippen LogP contribution is 2.29. The van der Waals surface area contributed by atoms with Crippen molar-refractivity contribution in [3.63, 3.8) is 0 Å². The predicted octanol–water partition coefficient (Wildman–Crippen LogP) is 4.02. The van der Waals surface area contributed by atoms with Gasteiger partial charge in [0.25, 0.3) is 5.91 Å². The quantitative estimate of drug-likeness (QED) is 0.470. The second kappa shape index (κ2) is 10.7. The van der Waals surface area contributed by atoms with Gasteiger partial charge >= 0.3 is 0 Å². The van der Waals surface area contributed by atoms with Crippen molar-refractivity contribution in [2.45, 2.75) is 0 Å². The summed E-state index contributed by atoms with van der Waals surface area (Å²) >= 11 is 0. The fourth-order valence-corrected chi connectivity index (χ4v) is 2.90. The number of amides is 2. The molecule has 2 amide bonds. The largest absolute Gasteiger partial charge is 0.497 e. The maximum absolute atomic E-state index is 12.4. The third-order valence-corrected chi connectivity index (χ3v) is 4.63. The van der Waals surface area contributed by atoms with Crippen LogP contribution in [0.15, 0.2) is 66.7 Å². The molecule has 32 heavy (non-hydrogen) atoms. The minimum atomic E-state index is -0.241. The van der Waals surface area contributed by atoms with Gasteiger partial charge in [-0.15, -0.1) is 0 Å². The van der Waals surface area contributed by atoms with Crippen molar-refractivity contribution in [1.82, 2.24) is 0 Å². The van der Waals surface area contributed by atoms with E-state index in [-0.39, 0.29) is 18.4 Å². The Bertz CT molecular complexity index is 1070. The van der Waals surface area contributed by atoms with Gasteiger partial charge in [0.2, 0.25) is 5.91 Å². The molecule has 0 aliphatic carbocycles. The first-order valence-electron chi connectivity index (χ1n) is 9.83. The van der Waals surface area contributed by atoms with Gasteiger partial charge in [0, 0.05) is 23.0 Å². The number of methoxy groups -OCH3 is 3. The van der Waals surface area contributed by atoms with Crippen molar-refractivity contribution in [2.75, 3.05) is 43.8 Å². The normalized spacial score (nSPS) is 10.1. The van der Waals surface area contributed by atoms with Crippen LogP contribution < -0.4 is 30.2 Å². The fourth-order valence-electron chi connectivity index (χ4n) is 2.90. The van der Waals surface area contributed by atoms with Gasteiger partial charge in [-0.25, -0.2) is 0 Å². The Labute approximate surface area is 186 Å². The number of ether oxygens (including phenoxy) is 3. The fraction of sp³-hybridized carbons (Fsp3) is 0.167. The monoisotopic (exact) mass is 435 g/mol. The van der Waals surface area contributed by atoms with Crippen LogP contribution in [-0.2, 0) is 4.79 Å². The zero-order valence-corrected chi connectivity index (χ0v) is 18.1. The topological polar surface area (TPSA) is 97.9 Å². The van der Waals surface area contributed by atoms with Crippen LogP contribution in [0.5, 0.6) is 17.2 Å². The summed E-state index contributed by atoms with van der Waals surface area (Å²) in [4.78, 5) is 24.7. The minimum Gasteiger partial charge on any atom is -0.497 e. The molecule has 0 bridgehead atoms. The molecule has 0 heterocycles. The molecular formula is C24H25N3O5. The van der Waals surface area contributed by atoms with Crippen LogP contribution in [0.1, 0.15) is 10.4 Å². The first-order valence-corrected chi connectivity index (χ1v) is 9.83. The second-order valence-electron chi connectivity index (χ2n) is 6.73. The summed E-state index contributed by atoms with van der Waals surface area (Å²) < 4.78 is 15.5. The van der Waals surface area contributed by atoms with Gasteiger partial charge in [0.15, 0.2) is 0 Å². The summed E-state index contributed by atoms with van der Waals surface area (Å²) in [5, 5.41) is 8.65. The van der Waals surface area contributed by atoms with Crippen LogP contribution in [0.4, 0.5) is 17.1 Å². The van der Waals surface area contributed by atoms with Gasteiger partial charge in [-0.05, 0) is 60.7 Å². The van der Waals surface area contributed by atoms with E-state index in [2.05, 4.69) is 16.0 Å². The van der Waals surface area contributed by atoms with Gasteiger partial charge < -0.3 is 30.2 Å². The van der Waals surface area contributed by atoms with E-state index in [0.29, 0.717) is 39.9 Å². The average Bonchev–Trinajstić information content (AvgIpc) is 2.83. The molecule has 8 nitrogen and oxygen atoms in total. The van der Waals surface area contributed by atoms with Crippen LogP contribution in [0.25, 0.3) is 0 Å². The van der Waals surface area contributed by atoms with Gasteiger partial charge in [0.1, 0.15) is 17.2 Å². The number of carbonyl (C=O) groups is 2. The summed E-state index contributed by atoms with van der Waals surface area (Å²) in [6.45, 7) is 0.0482.